The lowest BCUT2D eigenvalue weighted by molar-refractivity contribution is 0.0949. The van der Waals surface area contributed by atoms with Gasteiger partial charge in [-0.05, 0) is 30.3 Å². The van der Waals surface area contributed by atoms with Crippen molar-refractivity contribution in [1.29, 1.82) is 5.26 Å². The number of nitrogens with zero attached hydrogens (tertiary/aromatic N) is 1. The molecule has 0 spiro atoms. The number of Topliss-reactive ketones (excluding diaryl/α,β-unsaturated/α-hetero) is 1. The van der Waals surface area contributed by atoms with Crippen LogP contribution < -0.4 is 5.32 Å². The molecule has 0 saturated carbocycles. The summed E-state index contributed by atoms with van der Waals surface area (Å²) in [7, 11) is 0. The van der Waals surface area contributed by atoms with Crippen LogP contribution >= 0.6 is 23.2 Å². The Morgan fingerprint density at radius 2 is 1.83 bits per heavy atom. The Morgan fingerprint density at radius 1 is 1.09 bits per heavy atom. The van der Waals surface area contributed by atoms with E-state index in [1.54, 1.807) is 42.6 Å². The van der Waals surface area contributed by atoms with Gasteiger partial charge in [-0.15, -0.1) is 0 Å². The predicted octanol–water partition coefficient (Wildman–Crippen LogP) is 4.50. The number of hydrogen-bond donors (Lipinski definition) is 2. The quantitative estimate of drug-likeness (QED) is 0.684. The summed E-state index contributed by atoms with van der Waals surface area (Å²) in [5, 5.41) is 14.7. The molecular weight excluding hydrogens is 333 g/mol. The molecule has 1 aromatic heterocycles. The molecule has 0 fully saturated rings. The molecule has 4 nitrogen and oxygen atoms in total. The number of halogens is 2. The van der Waals surface area contributed by atoms with Gasteiger partial charge >= 0.3 is 0 Å². The summed E-state index contributed by atoms with van der Waals surface area (Å²) in [5.74, 6) is -0.289. The molecule has 23 heavy (non-hydrogen) atoms. The van der Waals surface area contributed by atoms with Crippen LogP contribution in [0.5, 0.6) is 0 Å². The number of nitriles is 1. The smallest absolute Gasteiger partial charge is 0.216 e. The van der Waals surface area contributed by atoms with E-state index in [0.717, 1.165) is 10.9 Å². The average molecular weight is 342 g/mol. The summed E-state index contributed by atoms with van der Waals surface area (Å²) in [6.07, 6.45) is 1.67. The zero-order valence-corrected chi connectivity index (χ0v) is 13.2. The number of rotatable bonds is 1. The van der Waals surface area contributed by atoms with Gasteiger partial charge in [0.05, 0.1) is 0 Å². The fourth-order valence-electron chi connectivity index (χ4n) is 3.02. The van der Waals surface area contributed by atoms with Gasteiger partial charge in [-0.3, -0.25) is 4.79 Å². The molecule has 0 radical (unpaired) electrons. The maximum atomic E-state index is 12.9. The summed E-state index contributed by atoms with van der Waals surface area (Å²) in [6.45, 7) is 0. The number of aromatic nitrogens is 1. The SMILES string of the molecule is N#CC1(c2c[nH]c3cc(Cl)ccc23)Nc2cc(Cl)ccc2C1=O. The summed E-state index contributed by atoms with van der Waals surface area (Å²) in [4.78, 5) is 16.0. The maximum absolute atomic E-state index is 12.9. The van der Waals surface area contributed by atoms with Crippen molar-refractivity contribution < 1.29 is 4.79 Å². The Balaban J connectivity index is 1.95. The highest BCUT2D eigenvalue weighted by molar-refractivity contribution is 6.32. The van der Waals surface area contributed by atoms with Crippen molar-refractivity contribution in [2.24, 2.45) is 0 Å². The highest BCUT2D eigenvalue weighted by Gasteiger charge is 2.48. The number of H-pyrrole nitrogens is 1. The maximum Gasteiger partial charge on any atom is 0.216 e. The highest BCUT2D eigenvalue weighted by atomic mass is 35.5. The molecule has 2 aromatic carbocycles. The number of hydrogen-bond acceptors (Lipinski definition) is 3. The fourth-order valence-corrected chi connectivity index (χ4v) is 3.36. The molecule has 1 aliphatic heterocycles. The zero-order chi connectivity index (χ0) is 16.2. The molecular formula is C17H9Cl2N3O. The van der Waals surface area contributed by atoms with Crippen LogP contribution in [0.15, 0.2) is 42.6 Å². The van der Waals surface area contributed by atoms with E-state index in [1.807, 2.05) is 0 Å². The second-order valence-electron chi connectivity index (χ2n) is 5.40. The number of carbonyl (C=O) groups excluding carboxylic acids is 1. The zero-order valence-electron chi connectivity index (χ0n) is 11.7. The van der Waals surface area contributed by atoms with Gasteiger partial charge in [-0.25, -0.2) is 0 Å². The van der Waals surface area contributed by atoms with Gasteiger partial charge in [0.25, 0.3) is 0 Å². The molecule has 112 valence electrons. The highest BCUT2D eigenvalue weighted by Crippen LogP contribution is 2.42. The number of ketones is 1. The van der Waals surface area contributed by atoms with Crippen LogP contribution in [0.2, 0.25) is 10.0 Å². The first-order chi connectivity index (χ1) is 11.0. The van der Waals surface area contributed by atoms with Crippen LogP contribution in [0.3, 0.4) is 0 Å². The monoisotopic (exact) mass is 341 g/mol. The van der Waals surface area contributed by atoms with Crippen LogP contribution in [0.25, 0.3) is 10.9 Å². The molecule has 1 unspecified atom stereocenters. The van der Waals surface area contributed by atoms with E-state index in [1.165, 1.54) is 0 Å². The molecule has 0 bridgehead atoms. The number of carbonyl (C=O) groups is 1. The van der Waals surface area contributed by atoms with E-state index < -0.39 is 5.54 Å². The van der Waals surface area contributed by atoms with Crippen molar-refractivity contribution in [2.75, 3.05) is 5.32 Å². The van der Waals surface area contributed by atoms with Gasteiger partial charge in [-0.1, -0.05) is 29.3 Å². The van der Waals surface area contributed by atoms with E-state index in [4.69, 9.17) is 23.2 Å². The van der Waals surface area contributed by atoms with Crippen LogP contribution in [0.1, 0.15) is 15.9 Å². The van der Waals surface area contributed by atoms with Gasteiger partial charge < -0.3 is 10.3 Å². The molecule has 3 aromatic rings. The topological polar surface area (TPSA) is 68.7 Å². The largest absolute Gasteiger partial charge is 0.361 e. The third-order valence-corrected chi connectivity index (χ3v) is 4.57. The minimum absolute atomic E-state index is 0.289. The summed E-state index contributed by atoms with van der Waals surface area (Å²) < 4.78 is 0. The average Bonchev–Trinajstić information content (AvgIpc) is 3.06. The van der Waals surface area contributed by atoms with Crippen molar-refractivity contribution in [1.82, 2.24) is 4.98 Å². The van der Waals surface area contributed by atoms with Crippen molar-refractivity contribution >= 4 is 45.6 Å². The van der Waals surface area contributed by atoms with Crippen LogP contribution in [0.4, 0.5) is 5.69 Å². The van der Waals surface area contributed by atoms with E-state index in [-0.39, 0.29) is 5.78 Å². The first kappa shape index (κ1) is 14.1. The minimum atomic E-state index is -1.47. The van der Waals surface area contributed by atoms with E-state index in [2.05, 4.69) is 16.4 Å². The number of fused-ring (bicyclic) bond motifs is 2. The molecule has 0 saturated heterocycles. The van der Waals surface area contributed by atoms with Crippen molar-refractivity contribution in [3.05, 3.63) is 63.8 Å². The van der Waals surface area contributed by atoms with E-state index in [9.17, 15) is 10.1 Å². The second-order valence-corrected chi connectivity index (χ2v) is 6.27. The Bertz CT molecular complexity index is 1020. The Labute approximate surface area is 141 Å². The van der Waals surface area contributed by atoms with Crippen LogP contribution in [-0.4, -0.2) is 10.8 Å². The third-order valence-electron chi connectivity index (χ3n) is 4.10. The number of nitrogens with one attached hydrogen (secondary N) is 2. The second kappa shape index (κ2) is 4.76. The molecule has 0 amide bonds. The Hall–Kier alpha value is -2.48. The summed E-state index contributed by atoms with van der Waals surface area (Å²) >= 11 is 12.0. The first-order valence-corrected chi connectivity index (χ1v) is 7.62. The molecule has 0 aliphatic carbocycles. The molecule has 2 N–H and O–H groups in total. The van der Waals surface area contributed by atoms with E-state index >= 15 is 0 Å². The molecule has 2 heterocycles. The van der Waals surface area contributed by atoms with Gasteiger partial charge in [0.15, 0.2) is 0 Å². The normalized spacial score (nSPS) is 19.4. The molecule has 4 rings (SSSR count). The first-order valence-electron chi connectivity index (χ1n) is 6.86. The van der Waals surface area contributed by atoms with Gasteiger partial charge in [-0.2, -0.15) is 5.26 Å². The number of anilines is 1. The molecule has 1 atom stereocenters. The van der Waals surface area contributed by atoms with E-state index in [0.29, 0.717) is 26.9 Å². The van der Waals surface area contributed by atoms with Crippen LogP contribution in [-0.2, 0) is 5.54 Å². The lowest BCUT2D eigenvalue weighted by Crippen LogP contribution is -2.36. The molecule has 1 aliphatic rings. The summed E-state index contributed by atoms with van der Waals surface area (Å²) in [6, 6.07) is 12.4. The number of benzene rings is 2. The van der Waals surface area contributed by atoms with Crippen molar-refractivity contribution in [2.45, 2.75) is 5.54 Å². The van der Waals surface area contributed by atoms with Gasteiger partial charge in [0.2, 0.25) is 11.3 Å². The number of aromatic amines is 1. The van der Waals surface area contributed by atoms with Gasteiger partial charge in [0, 0.05) is 44.0 Å². The van der Waals surface area contributed by atoms with Gasteiger partial charge in [0.1, 0.15) is 6.07 Å². The lowest BCUT2D eigenvalue weighted by Gasteiger charge is -2.19. The summed E-state index contributed by atoms with van der Waals surface area (Å²) in [5.41, 5.74) is 0.889. The minimum Gasteiger partial charge on any atom is -0.361 e. The van der Waals surface area contributed by atoms with Crippen molar-refractivity contribution in [3.8, 4) is 6.07 Å². The van der Waals surface area contributed by atoms with Crippen LogP contribution in [0, 0.1) is 11.3 Å². The van der Waals surface area contributed by atoms with Crippen molar-refractivity contribution in [3.63, 3.8) is 0 Å². The molecule has 6 heteroatoms. The fraction of sp³-hybridized carbons (Fsp3) is 0.0588. The Morgan fingerprint density at radius 3 is 2.61 bits per heavy atom. The Kier molecular flexibility index (Phi) is 2.92. The lowest BCUT2D eigenvalue weighted by atomic mass is 9.87. The third kappa shape index (κ3) is 1.88. The predicted molar refractivity (Wildman–Crippen MR) is 90.0 cm³/mol. The standard InChI is InChI=1S/C17H9Cl2N3O/c18-9-1-3-11-13(7-21-14(11)5-9)17(8-20)16(23)12-4-2-10(19)6-15(12)22-17/h1-7,21-22H.